The van der Waals surface area contributed by atoms with E-state index in [4.69, 9.17) is 5.73 Å². The number of nitrogens with one attached hydrogen (secondary N) is 1. The van der Waals surface area contributed by atoms with Gasteiger partial charge in [-0.05, 0) is 36.5 Å². The molecule has 0 bridgehead atoms. The van der Waals surface area contributed by atoms with Gasteiger partial charge in [0.1, 0.15) is 0 Å². The van der Waals surface area contributed by atoms with E-state index in [9.17, 15) is 4.79 Å². The molecular weight excluding hydrogens is 210 g/mol. The first-order chi connectivity index (χ1) is 7.00. The zero-order valence-electron chi connectivity index (χ0n) is 8.65. The summed E-state index contributed by atoms with van der Waals surface area (Å²) in [4.78, 5) is 13.4. The first-order valence-corrected chi connectivity index (χ1v) is 4.79. The van der Waals surface area contributed by atoms with E-state index in [0.29, 0.717) is 5.56 Å². The molecule has 4 nitrogen and oxygen atoms in total. The Hall–Kier alpha value is -1.62. The van der Waals surface area contributed by atoms with Crippen molar-refractivity contribution in [2.24, 2.45) is 5.73 Å². The molecule has 0 saturated heterocycles. The third kappa shape index (κ3) is 3.21. The van der Waals surface area contributed by atoms with Crippen LogP contribution in [-0.4, -0.2) is 25.1 Å². The molecule has 0 heterocycles. The Morgan fingerprint density at radius 2 is 1.87 bits per heavy atom. The number of hydrogen-bond donors (Lipinski definition) is 2. The van der Waals surface area contributed by atoms with E-state index >= 15 is 0 Å². The van der Waals surface area contributed by atoms with Gasteiger partial charge in [0.25, 0.3) is 5.91 Å². The van der Waals surface area contributed by atoms with Gasteiger partial charge >= 0.3 is 0 Å². The Labute approximate surface area is 94.1 Å². The fraction of sp³-hybridized carbons (Fsp3) is 0.200. The Morgan fingerprint density at radius 1 is 1.33 bits per heavy atom. The van der Waals surface area contributed by atoms with Crippen LogP contribution < -0.4 is 16.0 Å². The van der Waals surface area contributed by atoms with Crippen molar-refractivity contribution in [3.63, 3.8) is 0 Å². The zero-order valence-corrected chi connectivity index (χ0v) is 9.47. The van der Waals surface area contributed by atoms with Crippen LogP contribution in [0.4, 0.5) is 5.69 Å². The largest absolute Gasteiger partial charge is 0.378 e. The number of anilines is 1. The van der Waals surface area contributed by atoms with Crippen molar-refractivity contribution >= 4 is 28.9 Å². The highest BCUT2D eigenvalue weighted by Crippen LogP contribution is 2.11. The first kappa shape index (κ1) is 11.5. The van der Waals surface area contributed by atoms with Gasteiger partial charge in [-0.1, -0.05) is 0 Å². The molecule has 0 atom stereocenters. The van der Waals surface area contributed by atoms with Crippen LogP contribution in [0.3, 0.4) is 0 Å². The summed E-state index contributed by atoms with van der Waals surface area (Å²) >= 11 is 4.58. The van der Waals surface area contributed by atoms with Gasteiger partial charge in [0.2, 0.25) is 0 Å². The molecule has 0 aliphatic rings. The van der Waals surface area contributed by atoms with Gasteiger partial charge in [-0.3, -0.25) is 10.1 Å². The Bertz CT molecular complexity index is 373. The summed E-state index contributed by atoms with van der Waals surface area (Å²) in [5, 5.41) is 2.35. The van der Waals surface area contributed by atoms with Crippen LogP contribution in [0.1, 0.15) is 10.4 Å². The number of thiocarbonyl (C=S) groups is 1. The molecule has 1 amide bonds. The van der Waals surface area contributed by atoms with Gasteiger partial charge in [0, 0.05) is 25.3 Å². The summed E-state index contributed by atoms with van der Waals surface area (Å²) in [6.45, 7) is 0. The highest BCUT2D eigenvalue weighted by Gasteiger charge is 2.05. The topological polar surface area (TPSA) is 58.4 Å². The lowest BCUT2D eigenvalue weighted by molar-refractivity contribution is 0.0977. The summed E-state index contributed by atoms with van der Waals surface area (Å²) in [6, 6.07) is 7.16. The molecule has 1 rings (SSSR count). The number of nitrogens with zero attached hydrogens (tertiary/aromatic N) is 1. The van der Waals surface area contributed by atoms with Crippen molar-refractivity contribution in [3.8, 4) is 0 Å². The van der Waals surface area contributed by atoms with E-state index < -0.39 is 0 Å². The number of amides is 1. The maximum atomic E-state index is 11.4. The van der Waals surface area contributed by atoms with Gasteiger partial charge in [0.05, 0.1) is 0 Å². The SMILES string of the molecule is CN(C)c1ccc(C(=O)NC(N)=S)cc1. The van der Waals surface area contributed by atoms with Crippen LogP contribution in [0, 0.1) is 0 Å². The summed E-state index contributed by atoms with van der Waals surface area (Å²) in [5.41, 5.74) is 6.77. The summed E-state index contributed by atoms with van der Waals surface area (Å²) in [6.07, 6.45) is 0. The average Bonchev–Trinajstić information content (AvgIpc) is 2.17. The fourth-order valence-electron chi connectivity index (χ4n) is 1.10. The predicted octanol–water partition coefficient (Wildman–Crippen LogP) is 0.726. The monoisotopic (exact) mass is 223 g/mol. The van der Waals surface area contributed by atoms with Gasteiger partial charge in [0.15, 0.2) is 5.11 Å². The van der Waals surface area contributed by atoms with E-state index in [1.165, 1.54) is 0 Å². The smallest absolute Gasteiger partial charge is 0.257 e. The molecule has 0 aliphatic heterocycles. The van der Waals surface area contributed by atoms with Gasteiger partial charge in [-0.25, -0.2) is 0 Å². The van der Waals surface area contributed by atoms with Crippen molar-refractivity contribution in [3.05, 3.63) is 29.8 Å². The first-order valence-electron chi connectivity index (χ1n) is 4.39. The van der Waals surface area contributed by atoms with Crippen LogP contribution in [0.15, 0.2) is 24.3 Å². The highest BCUT2D eigenvalue weighted by molar-refractivity contribution is 7.80. The molecule has 0 aliphatic carbocycles. The number of rotatable bonds is 2. The maximum absolute atomic E-state index is 11.4. The van der Waals surface area contributed by atoms with Crippen molar-refractivity contribution in [2.45, 2.75) is 0 Å². The molecule has 0 unspecified atom stereocenters. The van der Waals surface area contributed by atoms with E-state index in [0.717, 1.165) is 5.69 Å². The van der Waals surface area contributed by atoms with Crippen LogP contribution in [0.2, 0.25) is 0 Å². The molecule has 0 aromatic heterocycles. The quantitative estimate of drug-likeness (QED) is 0.726. The van der Waals surface area contributed by atoms with E-state index in [-0.39, 0.29) is 11.0 Å². The normalized spacial score (nSPS) is 9.47. The molecule has 0 saturated carbocycles. The molecule has 3 N–H and O–H groups in total. The number of carbonyl (C=O) groups excluding carboxylic acids is 1. The predicted molar refractivity (Wildman–Crippen MR) is 65.0 cm³/mol. The number of nitrogens with two attached hydrogens (primary N) is 1. The molecule has 1 aromatic rings. The minimum Gasteiger partial charge on any atom is -0.378 e. The minimum atomic E-state index is -0.284. The van der Waals surface area contributed by atoms with Crippen LogP contribution >= 0.6 is 12.2 Å². The summed E-state index contributed by atoms with van der Waals surface area (Å²) in [5.74, 6) is -0.284. The van der Waals surface area contributed by atoms with Crippen LogP contribution in [0.5, 0.6) is 0 Å². The van der Waals surface area contributed by atoms with Crippen molar-refractivity contribution < 1.29 is 4.79 Å². The summed E-state index contributed by atoms with van der Waals surface area (Å²) in [7, 11) is 3.87. The van der Waals surface area contributed by atoms with Crippen LogP contribution in [0.25, 0.3) is 0 Å². The Kier molecular flexibility index (Phi) is 3.62. The third-order valence-corrected chi connectivity index (χ3v) is 1.98. The fourth-order valence-corrected chi connectivity index (χ4v) is 1.19. The van der Waals surface area contributed by atoms with Crippen molar-refractivity contribution in [2.75, 3.05) is 19.0 Å². The molecule has 0 radical (unpaired) electrons. The Morgan fingerprint density at radius 3 is 2.27 bits per heavy atom. The van der Waals surface area contributed by atoms with Gasteiger partial charge in [-0.15, -0.1) is 0 Å². The van der Waals surface area contributed by atoms with Crippen molar-refractivity contribution in [1.82, 2.24) is 5.32 Å². The lowest BCUT2D eigenvalue weighted by atomic mass is 10.2. The zero-order chi connectivity index (χ0) is 11.4. The second kappa shape index (κ2) is 4.75. The maximum Gasteiger partial charge on any atom is 0.257 e. The van der Waals surface area contributed by atoms with E-state index in [1.807, 2.05) is 31.1 Å². The standard InChI is InChI=1S/C10H13N3OS/c1-13(2)8-5-3-7(4-6-8)9(14)12-10(11)15/h3-6H,1-2H3,(H3,11,12,14,15). The molecule has 5 heteroatoms. The number of carbonyl (C=O) groups is 1. The third-order valence-electron chi connectivity index (χ3n) is 1.88. The van der Waals surface area contributed by atoms with Gasteiger partial charge < -0.3 is 10.6 Å². The number of benzene rings is 1. The number of hydrogen-bond acceptors (Lipinski definition) is 3. The highest BCUT2D eigenvalue weighted by atomic mass is 32.1. The molecule has 15 heavy (non-hydrogen) atoms. The second-order valence-corrected chi connectivity index (χ2v) is 3.70. The van der Waals surface area contributed by atoms with E-state index in [2.05, 4.69) is 17.5 Å². The lowest BCUT2D eigenvalue weighted by Crippen LogP contribution is -2.34. The van der Waals surface area contributed by atoms with E-state index in [1.54, 1.807) is 12.1 Å². The van der Waals surface area contributed by atoms with Gasteiger partial charge in [-0.2, -0.15) is 0 Å². The minimum absolute atomic E-state index is 0.0170. The molecule has 80 valence electrons. The average molecular weight is 223 g/mol. The Balaban J connectivity index is 2.80. The van der Waals surface area contributed by atoms with Crippen LogP contribution in [-0.2, 0) is 0 Å². The molecule has 1 aromatic carbocycles. The summed E-state index contributed by atoms with van der Waals surface area (Å²) < 4.78 is 0. The second-order valence-electron chi connectivity index (χ2n) is 3.26. The molecule has 0 spiro atoms. The van der Waals surface area contributed by atoms with Crippen molar-refractivity contribution in [1.29, 1.82) is 0 Å². The molecular formula is C10H13N3OS. The lowest BCUT2D eigenvalue weighted by Gasteiger charge is -2.12. The molecule has 0 fully saturated rings.